The molecule has 0 saturated heterocycles. The minimum absolute atomic E-state index is 0.274. The fourth-order valence-electron chi connectivity index (χ4n) is 3.47. The number of hydrogen-bond acceptors (Lipinski definition) is 4. The molecule has 0 amide bonds. The summed E-state index contributed by atoms with van der Waals surface area (Å²) < 4.78 is 29.6. The van der Waals surface area contributed by atoms with Crippen LogP contribution in [0.2, 0.25) is 0 Å². The van der Waals surface area contributed by atoms with Crippen molar-refractivity contribution >= 4 is 15.8 Å². The Morgan fingerprint density at radius 1 is 1.23 bits per heavy atom. The molecule has 4 nitrogen and oxygen atoms in total. The number of carbonyl (C=O) groups is 1. The maximum atomic E-state index is 12.4. The maximum Gasteiger partial charge on any atom is 0.338 e. The average Bonchev–Trinajstić information content (AvgIpc) is 2.52. The molecule has 0 bridgehead atoms. The summed E-state index contributed by atoms with van der Waals surface area (Å²) >= 11 is 0. The van der Waals surface area contributed by atoms with E-state index in [-0.39, 0.29) is 5.92 Å². The van der Waals surface area contributed by atoms with Gasteiger partial charge in [0.25, 0.3) is 0 Å². The van der Waals surface area contributed by atoms with Crippen LogP contribution in [-0.4, -0.2) is 27.8 Å². The highest BCUT2D eigenvalue weighted by Crippen LogP contribution is 2.38. The smallest absolute Gasteiger partial charge is 0.338 e. The molecule has 0 aliphatic heterocycles. The Labute approximate surface area is 132 Å². The van der Waals surface area contributed by atoms with Crippen LogP contribution in [0, 0.1) is 0 Å². The first-order valence-corrected chi connectivity index (χ1v) is 9.73. The molecular formula is C17H24O4S. The van der Waals surface area contributed by atoms with Gasteiger partial charge in [0.2, 0.25) is 0 Å². The fourth-order valence-corrected chi connectivity index (χ4v) is 4.84. The van der Waals surface area contributed by atoms with E-state index >= 15 is 0 Å². The molecule has 0 atom stereocenters. The Bertz CT molecular complexity index is 655. The molecule has 0 spiro atoms. The van der Waals surface area contributed by atoms with E-state index < -0.39 is 15.8 Å². The fraction of sp³-hybridized carbons (Fsp3) is 0.588. The molecule has 122 valence electrons. The van der Waals surface area contributed by atoms with E-state index in [0.29, 0.717) is 22.4 Å². The Hall–Kier alpha value is -1.36. The maximum absolute atomic E-state index is 12.4. The van der Waals surface area contributed by atoms with Crippen LogP contribution in [0.25, 0.3) is 0 Å². The summed E-state index contributed by atoms with van der Waals surface area (Å²) in [5.74, 6) is -0.201. The average molecular weight is 324 g/mol. The minimum atomic E-state index is -3.40. The Balaban J connectivity index is 2.66. The largest absolute Gasteiger partial charge is 0.465 e. The van der Waals surface area contributed by atoms with Gasteiger partial charge in [-0.25, -0.2) is 13.2 Å². The first kappa shape index (κ1) is 17.0. The molecule has 1 aromatic carbocycles. The first-order chi connectivity index (χ1) is 10.4. The van der Waals surface area contributed by atoms with Crippen LogP contribution in [0.5, 0.6) is 0 Å². The van der Waals surface area contributed by atoms with Crippen LogP contribution in [0.15, 0.2) is 17.0 Å². The molecule has 0 unspecified atom stereocenters. The van der Waals surface area contributed by atoms with Crippen molar-refractivity contribution in [3.63, 3.8) is 0 Å². The lowest BCUT2D eigenvalue weighted by atomic mass is 9.82. The predicted octanol–water partition coefficient (Wildman–Crippen LogP) is 3.49. The van der Waals surface area contributed by atoms with E-state index in [2.05, 4.69) is 0 Å². The lowest BCUT2D eigenvalue weighted by molar-refractivity contribution is 0.0599. The van der Waals surface area contributed by atoms with Crippen molar-refractivity contribution in [3.05, 3.63) is 28.8 Å². The monoisotopic (exact) mass is 324 g/mol. The van der Waals surface area contributed by atoms with E-state index in [0.717, 1.165) is 31.2 Å². The van der Waals surface area contributed by atoms with Crippen LogP contribution in [0.4, 0.5) is 0 Å². The molecule has 5 heteroatoms. The number of ether oxygens (including phenoxy) is 1. The molecule has 1 aliphatic rings. The lowest BCUT2D eigenvalue weighted by Crippen LogP contribution is -2.16. The second-order valence-corrected chi connectivity index (χ2v) is 7.91. The van der Waals surface area contributed by atoms with Crippen LogP contribution in [0.1, 0.15) is 66.4 Å². The van der Waals surface area contributed by atoms with Gasteiger partial charge in [-0.3, -0.25) is 0 Å². The number of rotatable bonds is 4. The van der Waals surface area contributed by atoms with Crippen molar-refractivity contribution < 1.29 is 17.9 Å². The zero-order chi connectivity index (χ0) is 16.3. The summed E-state index contributed by atoms with van der Waals surface area (Å²) in [4.78, 5) is 12.3. The van der Waals surface area contributed by atoms with Crippen LogP contribution in [0.3, 0.4) is 0 Å². The number of hydrogen-bond donors (Lipinski definition) is 0. The van der Waals surface area contributed by atoms with Gasteiger partial charge in [-0.05, 0) is 42.4 Å². The molecule has 2 rings (SSSR count). The first-order valence-electron chi connectivity index (χ1n) is 7.84. The summed E-state index contributed by atoms with van der Waals surface area (Å²) in [6.45, 7) is 1.88. The van der Waals surface area contributed by atoms with Crippen LogP contribution >= 0.6 is 0 Å². The van der Waals surface area contributed by atoms with Gasteiger partial charge in [-0.15, -0.1) is 0 Å². The van der Waals surface area contributed by atoms with Crippen LogP contribution < -0.4 is 0 Å². The van der Waals surface area contributed by atoms with E-state index in [1.165, 1.54) is 19.8 Å². The highest BCUT2D eigenvalue weighted by Gasteiger charge is 2.28. The minimum Gasteiger partial charge on any atom is -0.465 e. The quantitative estimate of drug-likeness (QED) is 0.796. The number of benzene rings is 1. The van der Waals surface area contributed by atoms with Gasteiger partial charge in [0.05, 0.1) is 17.6 Å². The molecular weight excluding hydrogens is 300 g/mol. The van der Waals surface area contributed by atoms with E-state index in [9.17, 15) is 13.2 Å². The van der Waals surface area contributed by atoms with Gasteiger partial charge in [-0.1, -0.05) is 32.3 Å². The summed E-state index contributed by atoms with van der Waals surface area (Å²) in [6.07, 6.45) is 7.24. The third-order valence-corrected chi connectivity index (χ3v) is 5.69. The van der Waals surface area contributed by atoms with Crippen molar-refractivity contribution in [3.8, 4) is 0 Å². The number of methoxy groups -OCH3 is 1. The zero-order valence-corrected chi connectivity index (χ0v) is 14.3. The summed E-state index contributed by atoms with van der Waals surface area (Å²) in [5.41, 5.74) is 1.84. The molecule has 0 aromatic heterocycles. The molecule has 0 N–H and O–H groups in total. The summed E-state index contributed by atoms with van der Waals surface area (Å²) in [7, 11) is -2.08. The SMILES string of the molecule is CCc1c(C(=O)OC)ccc(C2CCCCC2)c1S(C)(=O)=O. The van der Waals surface area contributed by atoms with E-state index in [1.807, 2.05) is 13.0 Å². The van der Waals surface area contributed by atoms with Gasteiger partial charge in [0, 0.05) is 6.26 Å². The highest BCUT2D eigenvalue weighted by atomic mass is 32.2. The van der Waals surface area contributed by atoms with Crippen LogP contribution in [-0.2, 0) is 21.0 Å². The normalized spacial score (nSPS) is 16.5. The number of carbonyl (C=O) groups excluding carboxylic acids is 1. The molecule has 22 heavy (non-hydrogen) atoms. The number of sulfone groups is 1. The molecule has 1 fully saturated rings. The highest BCUT2D eigenvalue weighted by molar-refractivity contribution is 7.90. The Morgan fingerprint density at radius 2 is 1.86 bits per heavy atom. The lowest BCUT2D eigenvalue weighted by Gasteiger charge is -2.26. The Kier molecular flexibility index (Phi) is 5.27. The van der Waals surface area contributed by atoms with Crippen molar-refractivity contribution in [1.82, 2.24) is 0 Å². The van der Waals surface area contributed by atoms with Gasteiger partial charge in [0.15, 0.2) is 9.84 Å². The predicted molar refractivity (Wildman–Crippen MR) is 86.1 cm³/mol. The zero-order valence-electron chi connectivity index (χ0n) is 13.5. The van der Waals surface area contributed by atoms with Gasteiger partial charge >= 0.3 is 5.97 Å². The van der Waals surface area contributed by atoms with Crippen molar-refractivity contribution in [2.75, 3.05) is 13.4 Å². The van der Waals surface area contributed by atoms with Crippen molar-refractivity contribution in [2.45, 2.75) is 56.3 Å². The Morgan fingerprint density at radius 3 is 2.36 bits per heavy atom. The third kappa shape index (κ3) is 3.35. The van der Waals surface area contributed by atoms with Gasteiger partial charge in [0.1, 0.15) is 0 Å². The van der Waals surface area contributed by atoms with E-state index in [4.69, 9.17) is 4.74 Å². The third-order valence-electron chi connectivity index (χ3n) is 4.47. The van der Waals surface area contributed by atoms with E-state index in [1.54, 1.807) is 6.07 Å². The van der Waals surface area contributed by atoms with Gasteiger partial charge < -0.3 is 4.74 Å². The molecule has 1 aromatic rings. The second-order valence-electron chi connectivity index (χ2n) is 5.96. The molecule has 0 radical (unpaired) electrons. The molecule has 1 aliphatic carbocycles. The van der Waals surface area contributed by atoms with Gasteiger partial charge in [-0.2, -0.15) is 0 Å². The number of esters is 1. The van der Waals surface area contributed by atoms with Crippen molar-refractivity contribution in [2.24, 2.45) is 0 Å². The second kappa shape index (κ2) is 6.82. The van der Waals surface area contributed by atoms with Crippen molar-refractivity contribution in [1.29, 1.82) is 0 Å². The molecule has 0 heterocycles. The summed E-state index contributed by atoms with van der Waals surface area (Å²) in [5, 5.41) is 0. The standard InChI is InChI=1S/C17H24O4S/c1-4-13-15(17(18)21-2)11-10-14(16(13)22(3,19)20)12-8-6-5-7-9-12/h10-12H,4-9H2,1-3H3. The topological polar surface area (TPSA) is 60.4 Å². The summed E-state index contributed by atoms with van der Waals surface area (Å²) in [6, 6.07) is 3.54. The molecule has 1 saturated carbocycles.